The lowest BCUT2D eigenvalue weighted by Crippen LogP contribution is -2.33. The van der Waals surface area contributed by atoms with Gasteiger partial charge in [0.05, 0.1) is 23.6 Å². The van der Waals surface area contributed by atoms with Gasteiger partial charge in [0.15, 0.2) is 0 Å². The van der Waals surface area contributed by atoms with Gasteiger partial charge in [-0.3, -0.25) is 4.72 Å². The molecule has 0 amide bonds. The molecule has 5 nitrogen and oxygen atoms in total. The number of hydrogen-bond acceptors (Lipinski definition) is 4. The summed E-state index contributed by atoms with van der Waals surface area (Å²) in [6, 6.07) is 4.83. The summed E-state index contributed by atoms with van der Waals surface area (Å²) in [5, 5.41) is 3.68. The second-order valence-electron chi connectivity index (χ2n) is 4.93. The molecule has 2 rings (SSSR count). The van der Waals surface area contributed by atoms with Crippen LogP contribution in [0.3, 0.4) is 0 Å². The molecule has 0 aliphatic carbocycles. The molecule has 1 fully saturated rings. The first-order chi connectivity index (χ1) is 9.50. The van der Waals surface area contributed by atoms with Crippen LogP contribution in [0.4, 0.5) is 5.69 Å². The highest BCUT2D eigenvalue weighted by Gasteiger charge is 2.21. The molecule has 20 heavy (non-hydrogen) atoms. The third kappa shape index (κ3) is 4.26. The summed E-state index contributed by atoms with van der Waals surface area (Å²) < 4.78 is 32.0. The van der Waals surface area contributed by atoms with E-state index >= 15 is 0 Å². The maximum Gasteiger partial charge on any atom is 0.232 e. The van der Waals surface area contributed by atoms with Crippen LogP contribution in [-0.2, 0) is 10.0 Å². The van der Waals surface area contributed by atoms with Crippen LogP contribution in [0.1, 0.15) is 12.8 Å². The Bertz CT molecular complexity index is 557. The SMILES string of the molecule is COc1cc(NS(=O)(=O)CC2CCNCC2)ccc1Cl. The van der Waals surface area contributed by atoms with Crippen molar-refractivity contribution in [2.45, 2.75) is 12.8 Å². The molecule has 1 saturated heterocycles. The minimum absolute atomic E-state index is 0.152. The van der Waals surface area contributed by atoms with E-state index in [9.17, 15) is 8.42 Å². The lowest BCUT2D eigenvalue weighted by molar-refractivity contribution is 0.402. The predicted molar refractivity (Wildman–Crippen MR) is 81.0 cm³/mol. The first kappa shape index (κ1) is 15.4. The molecule has 1 aromatic carbocycles. The minimum atomic E-state index is -3.35. The van der Waals surface area contributed by atoms with Gasteiger partial charge in [-0.25, -0.2) is 8.42 Å². The molecule has 0 unspecified atom stereocenters. The number of ether oxygens (including phenoxy) is 1. The number of sulfonamides is 1. The first-order valence-corrected chi connectivity index (χ1v) is 8.58. The average Bonchev–Trinajstić information content (AvgIpc) is 2.41. The molecular formula is C13H19ClN2O3S. The van der Waals surface area contributed by atoms with Crippen molar-refractivity contribution in [1.82, 2.24) is 5.32 Å². The second kappa shape index (κ2) is 6.65. The number of halogens is 1. The quantitative estimate of drug-likeness (QED) is 0.872. The number of anilines is 1. The Kier molecular flexibility index (Phi) is 5.12. The molecule has 1 aromatic rings. The maximum absolute atomic E-state index is 12.1. The molecule has 2 N–H and O–H groups in total. The lowest BCUT2D eigenvalue weighted by Gasteiger charge is -2.22. The molecule has 7 heteroatoms. The fraction of sp³-hybridized carbons (Fsp3) is 0.538. The van der Waals surface area contributed by atoms with Crippen LogP contribution < -0.4 is 14.8 Å². The minimum Gasteiger partial charge on any atom is -0.495 e. The molecule has 0 atom stereocenters. The molecule has 1 aliphatic rings. The van der Waals surface area contributed by atoms with Crippen LogP contribution in [-0.4, -0.2) is 34.4 Å². The summed E-state index contributed by atoms with van der Waals surface area (Å²) in [4.78, 5) is 0. The smallest absolute Gasteiger partial charge is 0.232 e. The van der Waals surface area contributed by atoms with Crippen LogP contribution >= 0.6 is 11.6 Å². The fourth-order valence-corrected chi connectivity index (χ4v) is 4.02. The summed E-state index contributed by atoms with van der Waals surface area (Å²) in [5.41, 5.74) is 0.472. The van der Waals surface area contributed by atoms with E-state index in [2.05, 4.69) is 10.0 Å². The maximum atomic E-state index is 12.1. The largest absolute Gasteiger partial charge is 0.495 e. The molecule has 0 saturated carbocycles. The monoisotopic (exact) mass is 318 g/mol. The van der Waals surface area contributed by atoms with Gasteiger partial charge in [0.1, 0.15) is 5.75 Å². The third-order valence-corrected chi connectivity index (χ3v) is 5.11. The van der Waals surface area contributed by atoms with Crippen molar-refractivity contribution in [3.05, 3.63) is 23.2 Å². The van der Waals surface area contributed by atoms with E-state index in [-0.39, 0.29) is 11.7 Å². The molecule has 0 aromatic heterocycles. The van der Waals surface area contributed by atoms with Gasteiger partial charge in [-0.15, -0.1) is 0 Å². The topological polar surface area (TPSA) is 67.4 Å². The number of hydrogen-bond donors (Lipinski definition) is 2. The van der Waals surface area contributed by atoms with Crippen molar-refractivity contribution in [2.24, 2.45) is 5.92 Å². The highest BCUT2D eigenvalue weighted by Crippen LogP contribution is 2.28. The Labute approximate surface area is 124 Å². The van der Waals surface area contributed by atoms with Crippen molar-refractivity contribution in [3.8, 4) is 5.75 Å². The van der Waals surface area contributed by atoms with Crippen molar-refractivity contribution < 1.29 is 13.2 Å². The summed E-state index contributed by atoms with van der Waals surface area (Å²) in [7, 11) is -1.85. The molecule has 0 radical (unpaired) electrons. The Balaban J connectivity index is 2.03. The Morgan fingerprint density at radius 3 is 2.75 bits per heavy atom. The fourth-order valence-electron chi connectivity index (χ4n) is 2.30. The zero-order valence-electron chi connectivity index (χ0n) is 11.4. The molecule has 1 aliphatic heterocycles. The molecule has 0 spiro atoms. The van der Waals surface area contributed by atoms with Gasteiger partial charge in [-0.05, 0) is 44.0 Å². The zero-order valence-corrected chi connectivity index (χ0v) is 12.9. The Morgan fingerprint density at radius 2 is 2.10 bits per heavy atom. The van der Waals surface area contributed by atoms with Crippen LogP contribution in [0.5, 0.6) is 5.75 Å². The van der Waals surface area contributed by atoms with Gasteiger partial charge in [-0.1, -0.05) is 11.6 Å². The van der Waals surface area contributed by atoms with E-state index in [0.717, 1.165) is 25.9 Å². The normalized spacial score (nSPS) is 16.9. The highest BCUT2D eigenvalue weighted by atomic mass is 35.5. The zero-order chi connectivity index (χ0) is 14.6. The van der Waals surface area contributed by atoms with E-state index in [4.69, 9.17) is 16.3 Å². The summed E-state index contributed by atoms with van der Waals surface area (Å²) >= 11 is 5.91. The molecule has 1 heterocycles. The van der Waals surface area contributed by atoms with E-state index in [1.54, 1.807) is 18.2 Å². The molecule has 0 bridgehead atoms. The summed E-state index contributed by atoms with van der Waals surface area (Å²) in [5.74, 6) is 0.816. The molecule has 112 valence electrons. The van der Waals surface area contributed by atoms with E-state index in [0.29, 0.717) is 16.5 Å². The predicted octanol–water partition coefficient (Wildman–Crippen LogP) is 2.09. The van der Waals surface area contributed by atoms with E-state index in [1.807, 2.05) is 0 Å². The first-order valence-electron chi connectivity index (χ1n) is 6.55. The van der Waals surface area contributed by atoms with Crippen LogP contribution in [0.15, 0.2) is 18.2 Å². The van der Waals surface area contributed by atoms with Gasteiger partial charge in [0, 0.05) is 6.07 Å². The van der Waals surface area contributed by atoms with E-state index < -0.39 is 10.0 Å². The van der Waals surface area contributed by atoms with Crippen molar-refractivity contribution in [2.75, 3.05) is 30.7 Å². The van der Waals surface area contributed by atoms with Gasteiger partial charge in [0.2, 0.25) is 10.0 Å². The van der Waals surface area contributed by atoms with Crippen LogP contribution in [0.2, 0.25) is 5.02 Å². The summed E-state index contributed by atoms with van der Waals surface area (Å²) in [6.45, 7) is 1.77. The van der Waals surface area contributed by atoms with Crippen LogP contribution in [0, 0.1) is 5.92 Å². The van der Waals surface area contributed by atoms with Crippen molar-refractivity contribution >= 4 is 27.3 Å². The number of benzene rings is 1. The standard InChI is InChI=1S/C13H19ClN2O3S/c1-19-13-8-11(2-3-12(13)14)16-20(17,18)9-10-4-6-15-7-5-10/h2-3,8,10,15-16H,4-7,9H2,1H3. The Hall–Kier alpha value is -0.980. The lowest BCUT2D eigenvalue weighted by atomic mass is 10.0. The Morgan fingerprint density at radius 1 is 1.40 bits per heavy atom. The van der Waals surface area contributed by atoms with E-state index in [1.165, 1.54) is 7.11 Å². The summed E-state index contributed by atoms with van der Waals surface area (Å²) in [6.07, 6.45) is 1.79. The number of methoxy groups -OCH3 is 1. The number of nitrogens with one attached hydrogen (secondary N) is 2. The van der Waals surface area contributed by atoms with Gasteiger partial charge in [-0.2, -0.15) is 0 Å². The number of rotatable bonds is 5. The van der Waals surface area contributed by atoms with Gasteiger partial charge >= 0.3 is 0 Å². The van der Waals surface area contributed by atoms with Gasteiger partial charge in [0.25, 0.3) is 0 Å². The average molecular weight is 319 g/mol. The van der Waals surface area contributed by atoms with Crippen LogP contribution in [0.25, 0.3) is 0 Å². The van der Waals surface area contributed by atoms with Crippen molar-refractivity contribution in [1.29, 1.82) is 0 Å². The second-order valence-corrected chi connectivity index (χ2v) is 7.10. The molecular weight excluding hydrogens is 300 g/mol. The number of piperidine rings is 1. The highest BCUT2D eigenvalue weighted by molar-refractivity contribution is 7.92. The third-order valence-electron chi connectivity index (χ3n) is 3.34. The van der Waals surface area contributed by atoms with Gasteiger partial charge < -0.3 is 10.1 Å². The van der Waals surface area contributed by atoms with Crippen molar-refractivity contribution in [3.63, 3.8) is 0 Å².